The van der Waals surface area contributed by atoms with E-state index in [0.29, 0.717) is 15.1 Å². The van der Waals surface area contributed by atoms with Crippen molar-refractivity contribution in [3.63, 3.8) is 0 Å². The fourth-order valence-electron chi connectivity index (χ4n) is 1.27. The third kappa shape index (κ3) is 4.03. The number of nitrogens with two attached hydrogens (primary N) is 1. The van der Waals surface area contributed by atoms with E-state index in [1.807, 2.05) is 0 Å². The van der Waals surface area contributed by atoms with E-state index in [0.717, 1.165) is 0 Å². The van der Waals surface area contributed by atoms with Crippen LogP contribution in [0.15, 0.2) is 16.6 Å². The molecule has 0 aromatic heterocycles. The Labute approximate surface area is 119 Å². The number of methoxy groups -OCH3 is 1. The number of hydrogen-bond acceptors (Lipinski definition) is 4. The van der Waals surface area contributed by atoms with E-state index in [-0.39, 0.29) is 24.6 Å². The molecule has 1 aromatic rings. The molecule has 1 atom stereocenters. The largest absolute Gasteiger partial charge is 0.506 e. The van der Waals surface area contributed by atoms with Gasteiger partial charge < -0.3 is 15.6 Å². The lowest BCUT2D eigenvalue weighted by atomic mass is 10.0. The topological polar surface area (TPSA) is 72.5 Å². The Bertz CT molecular complexity index is 415. The van der Waals surface area contributed by atoms with Crippen molar-refractivity contribution in [2.75, 3.05) is 7.11 Å². The molecular formula is C10H12BrCl2NO3. The van der Waals surface area contributed by atoms with Gasteiger partial charge in [0.15, 0.2) is 0 Å². The van der Waals surface area contributed by atoms with Crippen molar-refractivity contribution in [1.82, 2.24) is 0 Å². The third-order valence-corrected chi connectivity index (χ3v) is 3.07. The number of phenols is 1. The molecule has 0 fully saturated rings. The zero-order valence-electron chi connectivity index (χ0n) is 8.94. The Morgan fingerprint density at radius 1 is 1.65 bits per heavy atom. The van der Waals surface area contributed by atoms with Crippen LogP contribution in [0.4, 0.5) is 0 Å². The van der Waals surface area contributed by atoms with Gasteiger partial charge in [-0.15, -0.1) is 12.4 Å². The van der Waals surface area contributed by atoms with Crippen molar-refractivity contribution in [1.29, 1.82) is 0 Å². The summed E-state index contributed by atoms with van der Waals surface area (Å²) in [5.74, 6) is -0.508. The van der Waals surface area contributed by atoms with Gasteiger partial charge in [-0.05, 0) is 28.1 Å². The lowest BCUT2D eigenvalue weighted by Crippen LogP contribution is -2.17. The normalized spacial score (nSPS) is 11.5. The van der Waals surface area contributed by atoms with E-state index in [1.54, 1.807) is 12.1 Å². The molecule has 0 radical (unpaired) electrons. The molecule has 0 bridgehead atoms. The number of rotatable bonds is 3. The van der Waals surface area contributed by atoms with Crippen molar-refractivity contribution < 1.29 is 14.6 Å². The second-order valence-electron chi connectivity index (χ2n) is 3.18. The molecule has 0 saturated carbocycles. The summed E-state index contributed by atoms with van der Waals surface area (Å²) in [5.41, 5.74) is 6.11. The van der Waals surface area contributed by atoms with Crippen LogP contribution in [-0.2, 0) is 9.53 Å². The summed E-state index contributed by atoms with van der Waals surface area (Å²) in [7, 11) is 1.28. The second kappa shape index (κ2) is 7.06. The summed E-state index contributed by atoms with van der Waals surface area (Å²) in [5, 5.41) is 10.1. The molecule has 0 aliphatic rings. The van der Waals surface area contributed by atoms with Crippen LogP contribution < -0.4 is 5.73 Å². The van der Waals surface area contributed by atoms with Crippen LogP contribution in [0.2, 0.25) is 5.02 Å². The molecule has 1 aromatic carbocycles. The summed E-state index contributed by atoms with van der Waals surface area (Å²) in [4.78, 5) is 11.1. The van der Waals surface area contributed by atoms with E-state index in [4.69, 9.17) is 17.3 Å². The molecule has 4 nitrogen and oxygen atoms in total. The number of hydrogen-bond donors (Lipinski definition) is 2. The lowest BCUT2D eigenvalue weighted by molar-refractivity contribution is -0.141. The first-order chi connectivity index (χ1) is 7.47. The van der Waals surface area contributed by atoms with Crippen molar-refractivity contribution in [3.8, 4) is 5.75 Å². The molecule has 0 saturated heterocycles. The molecule has 0 heterocycles. The van der Waals surface area contributed by atoms with Gasteiger partial charge in [0, 0.05) is 16.6 Å². The molecule has 3 N–H and O–H groups in total. The number of phenolic OH excluding ortho intramolecular Hbond substituents is 1. The molecule has 0 aliphatic carbocycles. The highest BCUT2D eigenvalue weighted by Gasteiger charge is 2.20. The molecule has 7 heteroatoms. The van der Waals surface area contributed by atoms with E-state index < -0.39 is 12.0 Å². The van der Waals surface area contributed by atoms with E-state index in [2.05, 4.69) is 20.7 Å². The molecule has 17 heavy (non-hydrogen) atoms. The van der Waals surface area contributed by atoms with Crippen molar-refractivity contribution in [3.05, 3.63) is 27.2 Å². The van der Waals surface area contributed by atoms with Gasteiger partial charge in [0.1, 0.15) is 5.75 Å². The average Bonchev–Trinajstić information content (AvgIpc) is 2.24. The predicted octanol–water partition coefficient (Wildman–Crippen LogP) is 2.79. The van der Waals surface area contributed by atoms with Gasteiger partial charge >= 0.3 is 5.97 Å². The van der Waals surface area contributed by atoms with Gasteiger partial charge in [0.25, 0.3) is 0 Å². The highest BCUT2D eigenvalue weighted by molar-refractivity contribution is 9.10. The van der Waals surface area contributed by atoms with Crippen molar-refractivity contribution >= 4 is 45.9 Å². The summed E-state index contributed by atoms with van der Waals surface area (Å²) in [6, 6.07) is 2.50. The summed E-state index contributed by atoms with van der Waals surface area (Å²) < 4.78 is 4.98. The molecule has 0 spiro atoms. The van der Waals surface area contributed by atoms with Crippen LogP contribution in [0.1, 0.15) is 18.0 Å². The van der Waals surface area contributed by atoms with Gasteiger partial charge in [0.2, 0.25) is 0 Å². The van der Waals surface area contributed by atoms with E-state index in [9.17, 15) is 9.90 Å². The van der Waals surface area contributed by atoms with Crippen molar-refractivity contribution in [2.24, 2.45) is 5.73 Å². The maximum atomic E-state index is 11.1. The molecule has 0 amide bonds. The minimum absolute atomic E-state index is 0. The highest BCUT2D eigenvalue weighted by Crippen LogP contribution is 2.37. The number of ether oxygens (including phenoxy) is 1. The van der Waals surface area contributed by atoms with Crippen LogP contribution in [0, 0.1) is 0 Å². The van der Waals surface area contributed by atoms with Gasteiger partial charge in [-0.2, -0.15) is 0 Å². The Balaban J connectivity index is 0.00000256. The van der Waals surface area contributed by atoms with Crippen LogP contribution >= 0.6 is 39.9 Å². The fourth-order valence-corrected chi connectivity index (χ4v) is 1.91. The monoisotopic (exact) mass is 343 g/mol. The van der Waals surface area contributed by atoms with Gasteiger partial charge in [-0.25, -0.2) is 0 Å². The van der Waals surface area contributed by atoms with Gasteiger partial charge in [-0.3, -0.25) is 4.79 Å². The van der Waals surface area contributed by atoms with Gasteiger partial charge in [-0.1, -0.05) is 11.6 Å². The summed E-state index contributed by atoms with van der Waals surface area (Å²) in [6.45, 7) is 0. The average molecular weight is 345 g/mol. The first kappa shape index (κ1) is 16.5. The zero-order valence-corrected chi connectivity index (χ0v) is 12.1. The van der Waals surface area contributed by atoms with Crippen molar-refractivity contribution in [2.45, 2.75) is 12.5 Å². The van der Waals surface area contributed by atoms with E-state index >= 15 is 0 Å². The molecule has 0 aliphatic heterocycles. The number of aromatic hydroxyl groups is 1. The minimum Gasteiger partial charge on any atom is -0.506 e. The summed E-state index contributed by atoms with van der Waals surface area (Å²) in [6.07, 6.45) is -0.0414. The lowest BCUT2D eigenvalue weighted by Gasteiger charge is -2.15. The molecular weight excluding hydrogens is 333 g/mol. The Kier molecular flexibility index (Phi) is 6.85. The maximum Gasteiger partial charge on any atom is 0.307 e. The zero-order chi connectivity index (χ0) is 12.3. The number of benzene rings is 1. The number of carbonyl (C=O) groups excluding carboxylic acids is 1. The summed E-state index contributed by atoms with van der Waals surface area (Å²) >= 11 is 9.06. The molecule has 0 unspecified atom stereocenters. The predicted molar refractivity (Wildman–Crippen MR) is 71.6 cm³/mol. The Morgan fingerprint density at radius 2 is 2.24 bits per heavy atom. The van der Waals surface area contributed by atoms with Gasteiger partial charge in [0.05, 0.1) is 18.0 Å². The highest BCUT2D eigenvalue weighted by atomic mass is 79.9. The quantitative estimate of drug-likeness (QED) is 0.827. The van der Waals surface area contributed by atoms with Crippen LogP contribution in [0.5, 0.6) is 5.75 Å². The standard InChI is InChI=1S/C10H11BrClNO3.ClH/c1-16-8(14)4-7(13)9-6(12)3-2-5(11)10(9)15;/h2-3,7,15H,4,13H2,1H3;1H/t7-;/m0./s1. The number of esters is 1. The minimum atomic E-state index is -0.697. The Morgan fingerprint density at radius 3 is 2.76 bits per heavy atom. The number of halogens is 3. The first-order valence-electron chi connectivity index (χ1n) is 4.46. The SMILES string of the molecule is COC(=O)C[C@H](N)c1c(Cl)ccc(Br)c1O.Cl. The molecule has 1 rings (SSSR count). The van der Waals surface area contributed by atoms with Crippen LogP contribution in [-0.4, -0.2) is 18.2 Å². The van der Waals surface area contributed by atoms with E-state index in [1.165, 1.54) is 7.11 Å². The Hall–Kier alpha value is -0.490. The fraction of sp³-hybridized carbons (Fsp3) is 0.300. The second-order valence-corrected chi connectivity index (χ2v) is 4.44. The first-order valence-corrected chi connectivity index (χ1v) is 5.63. The molecule has 96 valence electrons. The van der Waals surface area contributed by atoms with Crippen LogP contribution in [0.25, 0.3) is 0 Å². The smallest absolute Gasteiger partial charge is 0.307 e. The number of carbonyl (C=O) groups is 1. The third-order valence-electron chi connectivity index (χ3n) is 2.10. The van der Waals surface area contributed by atoms with Crippen LogP contribution in [0.3, 0.4) is 0 Å². The maximum absolute atomic E-state index is 11.1.